The second kappa shape index (κ2) is 7.59. The second-order valence-corrected chi connectivity index (χ2v) is 5.37. The van der Waals surface area contributed by atoms with E-state index in [0.29, 0.717) is 12.0 Å². The van der Waals surface area contributed by atoms with Gasteiger partial charge in [-0.15, -0.1) is 0 Å². The molecule has 2 aromatic rings. The molecule has 4 heteroatoms. The van der Waals surface area contributed by atoms with E-state index in [9.17, 15) is 9.59 Å². The fraction of sp³-hybridized carbons (Fsp3) is 0.333. The van der Waals surface area contributed by atoms with E-state index in [1.54, 1.807) is 12.1 Å². The molecule has 116 valence electrons. The fourth-order valence-corrected chi connectivity index (χ4v) is 2.47. The molecule has 0 unspecified atom stereocenters. The lowest BCUT2D eigenvalue weighted by molar-refractivity contribution is 0.195. The lowest BCUT2D eigenvalue weighted by Gasteiger charge is -2.05. The van der Waals surface area contributed by atoms with Crippen LogP contribution in [0.15, 0.2) is 47.4 Å². The van der Waals surface area contributed by atoms with Gasteiger partial charge in [0, 0.05) is 11.8 Å². The Labute approximate surface area is 130 Å². The van der Waals surface area contributed by atoms with Gasteiger partial charge in [0.05, 0.1) is 0 Å². The molecule has 0 radical (unpaired) electrons. The number of aryl methyl sites for hydroxylation is 3. The minimum absolute atomic E-state index is 0.428. The van der Waals surface area contributed by atoms with Gasteiger partial charge >= 0.3 is 6.09 Å². The Morgan fingerprint density at radius 1 is 1.05 bits per heavy atom. The first-order valence-corrected chi connectivity index (χ1v) is 7.63. The van der Waals surface area contributed by atoms with Crippen molar-refractivity contribution in [2.24, 2.45) is 0 Å². The van der Waals surface area contributed by atoms with Crippen molar-refractivity contribution in [3.05, 3.63) is 69.6 Å². The van der Waals surface area contributed by atoms with Gasteiger partial charge in [-0.3, -0.25) is 4.79 Å². The Balaban J connectivity index is 1.87. The summed E-state index contributed by atoms with van der Waals surface area (Å²) in [6.45, 7) is 2.14. The van der Waals surface area contributed by atoms with Crippen molar-refractivity contribution in [1.29, 1.82) is 0 Å². The highest BCUT2D eigenvalue weighted by Crippen LogP contribution is 2.10. The van der Waals surface area contributed by atoms with Crippen LogP contribution >= 0.6 is 0 Å². The van der Waals surface area contributed by atoms with Crippen molar-refractivity contribution in [2.75, 3.05) is 0 Å². The summed E-state index contributed by atoms with van der Waals surface area (Å²) in [6, 6.07) is 11.9. The van der Waals surface area contributed by atoms with E-state index in [1.165, 1.54) is 17.3 Å². The highest BCUT2D eigenvalue weighted by molar-refractivity contribution is 5.67. The number of benzene rings is 1. The summed E-state index contributed by atoms with van der Waals surface area (Å²) < 4.78 is 0.735. The Kier molecular flexibility index (Phi) is 5.53. The fourth-order valence-electron chi connectivity index (χ4n) is 2.47. The molecule has 0 amide bonds. The molecule has 2 rings (SSSR count). The van der Waals surface area contributed by atoms with Gasteiger partial charge in [0.2, 0.25) is 0 Å². The molecule has 1 aromatic heterocycles. The van der Waals surface area contributed by atoms with Gasteiger partial charge < -0.3 is 5.11 Å². The van der Waals surface area contributed by atoms with Crippen LogP contribution in [0.25, 0.3) is 0 Å². The first kappa shape index (κ1) is 16.0. The lowest BCUT2D eigenvalue weighted by Crippen LogP contribution is -2.27. The predicted octanol–water partition coefficient (Wildman–Crippen LogP) is 3.50. The number of hydrogen-bond donors (Lipinski definition) is 1. The molecule has 0 bridgehead atoms. The maximum Gasteiger partial charge on any atom is 0.418 e. The third-order valence-corrected chi connectivity index (χ3v) is 3.82. The Hall–Kier alpha value is -2.36. The second-order valence-electron chi connectivity index (χ2n) is 5.37. The van der Waals surface area contributed by atoms with Crippen molar-refractivity contribution in [1.82, 2.24) is 4.57 Å². The predicted molar refractivity (Wildman–Crippen MR) is 86.6 cm³/mol. The van der Waals surface area contributed by atoms with Crippen LogP contribution in [0.4, 0.5) is 4.79 Å². The molecule has 0 saturated heterocycles. The minimum atomic E-state index is -1.23. The Morgan fingerprint density at radius 3 is 2.32 bits per heavy atom. The molecule has 1 aromatic carbocycles. The molecule has 4 nitrogen and oxygen atoms in total. The average molecular weight is 299 g/mol. The van der Waals surface area contributed by atoms with Gasteiger partial charge in [0.15, 0.2) is 0 Å². The summed E-state index contributed by atoms with van der Waals surface area (Å²) in [7, 11) is 0. The largest absolute Gasteiger partial charge is 0.464 e. The maximum absolute atomic E-state index is 11.9. The van der Waals surface area contributed by atoms with Gasteiger partial charge in [0.1, 0.15) is 0 Å². The molecule has 0 aliphatic heterocycles. The van der Waals surface area contributed by atoms with Crippen molar-refractivity contribution in [3.8, 4) is 0 Å². The van der Waals surface area contributed by atoms with Crippen molar-refractivity contribution in [2.45, 2.75) is 39.0 Å². The van der Waals surface area contributed by atoms with Crippen LogP contribution in [0, 0.1) is 0 Å². The van der Waals surface area contributed by atoms with Gasteiger partial charge in [0.25, 0.3) is 5.56 Å². The third kappa shape index (κ3) is 4.07. The molecule has 0 atom stereocenters. The summed E-state index contributed by atoms with van der Waals surface area (Å²) in [5.41, 5.74) is 2.77. The van der Waals surface area contributed by atoms with E-state index >= 15 is 0 Å². The van der Waals surface area contributed by atoms with Crippen LogP contribution < -0.4 is 5.56 Å². The van der Waals surface area contributed by atoms with Crippen LogP contribution in [-0.4, -0.2) is 15.8 Å². The van der Waals surface area contributed by atoms with E-state index in [4.69, 9.17) is 5.11 Å². The summed E-state index contributed by atoms with van der Waals surface area (Å²) in [5.74, 6) is 0. The molecule has 0 aliphatic carbocycles. The van der Waals surface area contributed by atoms with Crippen LogP contribution in [0.5, 0.6) is 0 Å². The number of rotatable bonds is 6. The number of aromatic nitrogens is 1. The molecule has 22 heavy (non-hydrogen) atoms. The SMILES string of the molecule is CCc1ccc(CCCCc2cccn(C(=O)O)c2=O)cc1. The standard InChI is InChI=1S/C18H21NO3/c1-2-14-9-11-15(12-10-14)6-3-4-7-16-8-5-13-19(17(16)20)18(21)22/h5,8-13H,2-4,6-7H2,1H3,(H,21,22). The summed E-state index contributed by atoms with van der Waals surface area (Å²) in [4.78, 5) is 22.8. The van der Waals surface area contributed by atoms with E-state index in [1.807, 2.05) is 0 Å². The normalized spacial score (nSPS) is 10.6. The van der Waals surface area contributed by atoms with Gasteiger partial charge in [-0.05, 0) is 49.3 Å². The van der Waals surface area contributed by atoms with Gasteiger partial charge in [-0.1, -0.05) is 37.3 Å². The third-order valence-electron chi connectivity index (χ3n) is 3.82. The molecule has 0 spiro atoms. The van der Waals surface area contributed by atoms with E-state index in [0.717, 1.165) is 30.3 Å². The Morgan fingerprint density at radius 2 is 1.68 bits per heavy atom. The number of hydrogen-bond acceptors (Lipinski definition) is 2. The summed E-state index contributed by atoms with van der Waals surface area (Å²) in [6.07, 6.45) is 4.53. The van der Waals surface area contributed by atoms with Gasteiger partial charge in [-0.25, -0.2) is 9.36 Å². The van der Waals surface area contributed by atoms with Crippen LogP contribution in [-0.2, 0) is 19.3 Å². The number of unbranched alkanes of at least 4 members (excludes halogenated alkanes) is 1. The molecule has 1 N–H and O–H groups in total. The molecule has 0 aliphatic rings. The first-order chi connectivity index (χ1) is 10.6. The topological polar surface area (TPSA) is 59.3 Å². The monoisotopic (exact) mass is 299 g/mol. The Bertz CT molecular complexity index is 686. The van der Waals surface area contributed by atoms with Gasteiger partial charge in [-0.2, -0.15) is 0 Å². The van der Waals surface area contributed by atoms with Crippen LogP contribution in [0.3, 0.4) is 0 Å². The maximum atomic E-state index is 11.9. The first-order valence-electron chi connectivity index (χ1n) is 7.63. The number of pyridine rings is 1. The van der Waals surface area contributed by atoms with Crippen molar-refractivity contribution >= 4 is 6.09 Å². The molecule has 0 fully saturated rings. The molecule has 0 saturated carbocycles. The number of carboxylic acid groups (broad SMARTS) is 1. The zero-order valence-electron chi connectivity index (χ0n) is 12.8. The number of nitrogens with zero attached hydrogens (tertiary/aromatic N) is 1. The average Bonchev–Trinajstić information content (AvgIpc) is 2.53. The van der Waals surface area contributed by atoms with Crippen molar-refractivity contribution < 1.29 is 9.90 Å². The van der Waals surface area contributed by atoms with E-state index in [-0.39, 0.29) is 0 Å². The highest BCUT2D eigenvalue weighted by atomic mass is 16.4. The van der Waals surface area contributed by atoms with E-state index in [2.05, 4.69) is 31.2 Å². The summed E-state index contributed by atoms with van der Waals surface area (Å²) >= 11 is 0. The van der Waals surface area contributed by atoms with E-state index < -0.39 is 11.7 Å². The molecule has 1 heterocycles. The molecular weight excluding hydrogens is 278 g/mol. The zero-order chi connectivity index (χ0) is 15.9. The smallest absolute Gasteiger partial charge is 0.418 e. The highest BCUT2D eigenvalue weighted by Gasteiger charge is 2.07. The van der Waals surface area contributed by atoms with Crippen LogP contribution in [0.1, 0.15) is 36.5 Å². The minimum Gasteiger partial charge on any atom is -0.464 e. The summed E-state index contributed by atoms with van der Waals surface area (Å²) in [5, 5.41) is 8.92. The lowest BCUT2D eigenvalue weighted by atomic mass is 10.0. The zero-order valence-corrected chi connectivity index (χ0v) is 12.8. The quantitative estimate of drug-likeness (QED) is 0.830. The number of carbonyl (C=O) groups is 1. The van der Waals surface area contributed by atoms with Crippen molar-refractivity contribution in [3.63, 3.8) is 0 Å². The molecular formula is C18H21NO3. The van der Waals surface area contributed by atoms with Crippen LogP contribution in [0.2, 0.25) is 0 Å².